The van der Waals surface area contributed by atoms with Gasteiger partial charge in [0.2, 0.25) is 5.95 Å². The molecule has 1 aromatic carbocycles. The highest BCUT2D eigenvalue weighted by Crippen LogP contribution is 2.42. The van der Waals surface area contributed by atoms with Crippen LogP contribution < -0.4 is 10.6 Å². The molecule has 3 heterocycles. The highest BCUT2D eigenvalue weighted by Gasteiger charge is 2.41. The Morgan fingerprint density at radius 2 is 1.90 bits per heavy atom. The molecule has 39 heavy (non-hydrogen) atoms. The van der Waals surface area contributed by atoms with Crippen LogP contribution in [0.2, 0.25) is 0 Å². The topological polar surface area (TPSA) is 128 Å². The van der Waals surface area contributed by atoms with Crippen molar-refractivity contribution in [2.75, 3.05) is 17.2 Å². The molecule has 10 heteroatoms. The maximum absolute atomic E-state index is 13.9. The maximum atomic E-state index is 13.9. The van der Waals surface area contributed by atoms with Crippen LogP contribution in [-0.2, 0) is 5.54 Å². The Morgan fingerprint density at radius 1 is 1.15 bits per heavy atom. The first-order chi connectivity index (χ1) is 18.5. The van der Waals surface area contributed by atoms with Gasteiger partial charge in [0.25, 0.3) is 0 Å². The van der Waals surface area contributed by atoms with Gasteiger partial charge >= 0.3 is 0 Å². The van der Waals surface area contributed by atoms with E-state index >= 15 is 0 Å². The predicted octanol–water partition coefficient (Wildman–Crippen LogP) is 5.58. The van der Waals surface area contributed by atoms with Crippen LogP contribution >= 0.6 is 0 Å². The first kappa shape index (κ1) is 26.1. The third-order valence-corrected chi connectivity index (χ3v) is 7.06. The third-order valence-electron chi connectivity index (χ3n) is 7.06. The van der Waals surface area contributed by atoms with E-state index in [0.29, 0.717) is 51.3 Å². The summed E-state index contributed by atoms with van der Waals surface area (Å²) in [6, 6.07) is 10.5. The van der Waals surface area contributed by atoms with Crippen molar-refractivity contribution in [2.24, 2.45) is 5.41 Å². The lowest BCUT2D eigenvalue weighted by molar-refractivity contribution is 0.443. The summed E-state index contributed by atoms with van der Waals surface area (Å²) < 4.78 is 15.8. The van der Waals surface area contributed by atoms with Crippen LogP contribution in [0.15, 0.2) is 36.7 Å². The number of nitrogens with one attached hydrogen (secondary N) is 2. The Bertz CT molecular complexity index is 1650. The summed E-state index contributed by atoms with van der Waals surface area (Å²) in [6.45, 7) is 10.8. The van der Waals surface area contributed by atoms with Crippen LogP contribution in [0.3, 0.4) is 0 Å². The molecular formula is C29H30FN9. The molecule has 0 radical (unpaired) electrons. The number of pyridine rings is 2. The summed E-state index contributed by atoms with van der Waals surface area (Å²) in [5.74, 6) is -0.564. The van der Waals surface area contributed by atoms with Gasteiger partial charge in [-0.25, -0.2) is 9.67 Å². The van der Waals surface area contributed by atoms with Crippen molar-refractivity contribution in [1.82, 2.24) is 25.0 Å². The molecule has 1 aliphatic carbocycles. The molecule has 1 aliphatic rings. The van der Waals surface area contributed by atoms with Gasteiger partial charge in [0, 0.05) is 35.1 Å². The number of anilines is 2. The van der Waals surface area contributed by atoms with Gasteiger partial charge in [-0.2, -0.15) is 14.9 Å². The quantitative estimate of drug-likeness (QED) is 0.300. The van der Waals surface area contributed by atoms with Gasteiger partial charge in [0.1, 0.15) is 17.8 Å². The van der Waals surface area contributed by atoms with Crippen molar-refractivity contribution in [3.05, 3.63) is 70.7 Å². The minimum absolute atomic E-state index is 0.0432. The standard InChI is InChI=1S/C29H30FN9/c1-17-21(6-7-24(30)35-17)27(23-15-39(38-37-23)29(5)8-9-29)36-20-10-18(12-31)25-22(11-20)26(19(13-32)14-33-25)34-16-28(2,3)4/h6-7,10-11,14-15,27,36H,8-9,16H2,1-5H3,(H,33,34)/t27-/m0/s1. The molecule has 1 fully saturated rings. The van der Waals surface area contributed by atoms with Crippen molar-refractivity contribution < 1.29 is 4.39 Å². The highest BCUT2D eigenvalue weighted by molar-refractivity contribution is 5.99. The molecule has 9 nitrogen and oxygen atoms in total. The van der Waals surface area contributed by atoms with Crippen molar-refractivity contribution in [2.45, 2.75) is 59.0 Å². The minimum Gasteiger partial charge on any atom is -0.383 e. The molecule has 4 aromatic rings. The Hall–Kier alpha value is -4.57. The number of aryl methyl sites for hydroxylation is 1. The van der Waals surface area contributed by atoms with Crippen LogP contribution in [0.4, 0.5) is 15.8 Å². The van der Waals surface area contributed by atoms with E-state index in [1.54, 1.807) is 19.1 Å². The number of aromatic nitrogens is 5. The molecule has 1 saturated carbocycles. The van der Waals surface area contributed by atoms with Crippen molar-refractivity contribution in [1.29, 1.82) is 10.5 Å². The molecule has 0 amide bonds. The number of fused-ring (bicyclic) bond motifs is 1. The lowest BCUT2D eigenvalue weighted by Crippen LogP contribution is -2.20. The smallest absolute Gasteiger partial charge is 0.213 e. The van der Waals surface area contributed by atoms with Crippen molar-refractivity contribution in [3.8, 4) is 12.1 Å². The second-order valence-electron chi connectivity index (χ2n) is 11.6. The van der Waals surface area contributed by atoms with E-state index in [0.717, 1.165) is 18.4 Å². The molecule has 0 bridgehead atoms. The van der Waals surface area contributed by atoms with E-state index < -0.39 is 12.0 Å². The molecule has 0 unspecified atom stereocenters. The van der Waals surface area contributed by atoms with Crippen LogP contribution in [0, 0.1) is 40.9 Å². The lowest BCUT2D eigenvalue weighted by Gasteiger charge is -2.23. The fourth-order valence-corrected chi connectivity index (χ4v) is 4.51. The zero-order valence-electron chi connectivity index (χ0n) is 22.7. The average molecular weight is 524 g/mol. The average Bonchev–Trinajstić information content (AvgIpc) is 3.43. The summed E-state index contributed by atoms with van der Waals surface area (Å²) in [5.41, 5.74) is 4.31. The molecule has 2 N–H and O–H groups in total. The van der Waals surface area contributed by atoms with Gasteiger partial charge in [-0.1, -0.05) is 32.1 Å². The molecule has 0 aliphatic heterocycles. The zero-order valence-corrected chi connectivity index (χ0v) is 22.7. The molecule has 198 valence electrons. The number of rotatable bonds is 7. The fourth-order valence-electron chi connectivity index (χ4n) is 4.51. The summed E-state index contributed by atoms with van der Waals surface area (Å²) in [5, 5.41) is 36.2. The second-order valence-corrected chi connectivity index (χ2v) is 11.6. The second kappa shape index (κ2) is 9.63. The number of hydrogen-bond donors (Lipinski definition) is 2. The van der Waals surface area contributed by atoms with Gasteiger partial charge in [0.05, 0.1) is 40.1 Å². The van der Waals surface area contributed by atoms with E-state index in [-0.39, 0.29) is 11.0 Å². The van der Waals surface area contributed by atoms with Gasteiger partial charge in [-0.05, 0) is 50.3 Å². The first-order valence-electron chi connectivity index (χ1n) is 12.8. The number of hydrogen-bond acceptors (Lipinski definition) is 8. The van der Waals surface area contributed by atoms with E-state index in [1.165, 1.54) is 12.3 Å². The summed E-state index contributed by atoms with van der Waals surface area (Å²) in [7, 11) is 0. The Labute approximate surface area is 226 Å². The van der Waals surface area contributed by atoms with Crippen LogP contribution in [0.25, 0.3) is 10.9 Å². The van der Waals surface area contributed by atoms with Crippen molar-refractivity contribution in [3.63, 3.8) is 0 Å². The molecule has 0 spiro atoms. The van der Waals surface area contributed by atoms with E-state index in [2.05, 4.69) is 70.7 Å². The number of nitrogens with zero attached hydrogens (tertiary/aromatic N) is 7. The van der Waals surface area contributed by atoms with E-state index in [1.807, 2.05) is 16.9 Å². The molecule has 0 saturated heterocycles. The van der Waals surface area contributed by atoms with Crippen molar-refractivity contribution >= 4 is 22.3 Å². The number of nitriles is 2. The summed E-state index contributed by atoms with van der Waals surface area (Å²) in [4.78, 5) is 8.46. The van der Waals surface area contributed by atoms with Crippen LogP contribution in [0.1, 0.15) is 74.7 Å². The molecule has 3 aromatic heterocycles. The Kier molecular flexibility index (Phi) is 6.43. The lowest BCUT2D eigenvalue weighted by atomic mass is 9.96. The van der Waals surface area contributed by atoms with Gasteiger partial charge in [0.15, 0.2) is 0 Å². The van der Waals surface area contributed by atoms with Gasteiger partial charge in [-0.3, -0.25) is 4.98 Å². The van der Waals surface area contributed by atoms with Crippen LogP contribution in [0.5, 0.6) is 0 Å². The third kappa shape index (κ3) is 5.23. The Morgan fingerprint density at radius 3 is 2.54 bits per heavy atom. The van der Waals surface area contributed by atoms with Gasteiger partial charge in [-0.15, -0.1) is 5.10 Å². The summed E-state index contributed by atoms with van der Waals surface area (Å²) in [6.07, 6.45) is 5.46. The predicted molar refractivity (Wildman–Crippen MR) is 146 cm³/mol. The Balaban J connectivity index is 1.64. The number of benzene rings is 1. The molecule has 5 rings (SSSR count). The zero-order chi connectivity index (χ0) is 27.9. The largest absolute Gasteiger partial charge is 0.383 e. The summed E-state index contributed by atoms with van der Waals surface area (Å²) >= 11 is 0. The van der Waals surface area contributed by atoms with E-state index in [4.69, 9.17) is 0 Å². The highest BCUT2D eigenvalue weighted by atomic mass is 19.1. The van der Waals surface area contributed by atoms with Crippen LogP contribution in [-0.4, -0.2) is 31.5 Å². The molecule has 1 atom stereocenters. The fraction of sp³-hybridized carbons (Fsp3) is 0.379. The normalized spacial score (nSPS) is 14.9. The monoisotopic (exact) mass is 523 g/mol. The van der Waals surface area contributed by atoms with E-state index in [9.17, 15) is 14.9 Å². The SMILES string of the molecule is Cc1nc(F)ccc1[C@H](Nc1cc(C#N)c2ncc(C#N)c(NCC(C)(C)C)c2c1)c1cn(C2(C)CC2)nn1. The number of halogens is 1. The maximum Gasteiger partial charge on any atom is 0.213 e. The van der Waals surface area contributed by atoms with Gasteiger partial charge < -0.3 is 10.6 Å². The molecular weight excluding hydrogens is 493 g/mol. The first-order valence-corrected chi connectivity index (χ1v) is 12.8. The minimum atomic E-state index is -0.564.